The second-order valence-electron chi connectivity index (χ2n) is 5.15. The molecule has 0 spiro atoms. The van der Waals surface area contributed by atoms with E-state index in [0.717, 1.165) is 6.54 Å². The average Bonchev–Trinajstić information content (AvgIpc) is 2.87. The molecule has 0 amide bonds. The lowest BCUT2D eigenvalue weighted by Gasteiger charge is -2.17. The van der Waals surface area contributed by atoms with Crippen molar-refractivity contribution in [2.24, 2.45) is 0 Å². The topological polar surface area (TPSA) is 55.2 Å². The van der Waals surface area contributed by atoms with E-state index in [0.29, 0.717) is 28.9 Å². The largest absolute Gasteiger partial charge is 0.343 e. The number of carbonyl (C=O) groups excluding carboxylic acids is 2. The van der Waals surface area contributed by atoms with Gasteiger partial charge in [-0.3, -0.25) is 14.6 Å². The molecule has 1 aliphatic rings. The second-order valence-corrected chi connectivity index (χ2v) is 5.15. The molecule has 3 rings (SSSR count). The van der Waals surface area contributed by atoms with E-state index >= 15 is 0 Å². The Morgan fingerprint density at radius 1 is 1.10 bits per heavy atom. The summed E-state index contributed by atoms with van der Waals surface area (Å²) in [5, 5.41) is 0. The number of fused-ring (bicyclic) bond motifs is 2. The molecular weight excluding hydrogens is 254 g/mol. The van der Waals surface area contributed by atoms with Gasteiger partial charge in [0.2, 0.25) is 5.78 Å². The monoisotopic (exact) mass is 269 g/mol. The summed E-state index contributed by atoms with van der Waals surface area (Å²) in [7, 11) is 3.95. The Balaban J connectivity index is 2.06. The fraction of sp³-hybridized carbons (Fsp3) is 0.267. The zero-order valence-corrected chi connectivity index (χ0v) is 11.5. The molecule has 102 valence electrons. The number of carbonyl (C=O) groups is 2. The van der Waals surface area contributed by atoms with Crippen LogP contribution in [0, 0.1) is 0 Å². The van der Waals surface area contributed by atoms with E-state index in [-0.39, 0.29) is 11.6 Å². The van der Waals surface area contributed by atoms with Crippen molar-refractivity contribution in [3.63, 3.8) is 0 Å². The predicted octanol–water partition coefficient (Wildman–Crippen LogP) is 1.22. The van der Waals surface area contributed by atoms with Crippen LogP contribution in [0.2, 0.25) is 0 Å². The quantitative estimate of drug-likeness (QED) is 0.717. The van der Waals surface area contributed by atoms with Crippen LogP contribution in [0.3, 0.4) is 0 Å². The van der Waals surface area contributed by atoms with Gasteiger partial charge in [0.1, 0.15) is 5.69 Å². The Morgan fingerprint density at radius 2 is 1.90 bits per heavy atom. The van der Waals surface area contributed by atoms with Crippen LogP contribution < -0.4 is 0 Å². The van der Waals surface area contributed by atoms with Gasteiger partial charge in [-0.1, -0.05) is 0 Å². The van der Waals surface area contributed by atoms with Gasteiger partial charge in [-0.15, -0.1) is 0 Å². The van der Waals surface area contributed by atoms with Crippen molar-refractivity contribution in [3.05, 3.63) is 53.1 Å². The molecule has 5 nitrogen and oxygen atoms in total. The maximum atomic E-state index is 12.6. The normalized spacial score (nSPS) is 13.6. The van der Waals surface area contributed by atoms with Gasteiger partial charge in [-0.05, 0) is 26.2 Å². The predicted molar refractivity (Wildman–Crippen MR) is 74.1 cm³/mol. The third kappa shape index (κ3) is 1.87. The Bertz CT molecular complexity index is 701. The molecule has 0 atom stereocenters. The zero-order chi connectivity index (χ0) is 14.3. The Morgan fingerprint density at radius 3 is 2.65 bits per heavy atom. The fourth-order valence-corrected chi connectivity index (χ4v) is 2.45. The van der Waals surface area contributed by atoms with Crippen molar-refractivity contribution in [3.8, 4) is 0 Å². The molecule has 0 N–H and O–H groups in total. The first-order valence-electron chi connectivity index (χ1n) is 6.47. The average molecular weight is 269 g/mol. The number of ketones is 2. The highest BCUT2D eigenvalue weighted by Gasteiger charge is 2.32. The molecule has 0 aromatic carbocycles. The minimum absolute atomic E-state index is 0.0965. The summed E-state index contributed by atoms with van der Waals surface area (Å²) in [5.41, 5.74) is 1.82. The minimum Gasteiger partial charge on any atom is -0.343 e. The summed E-state index contributed by atoms with van der Waals surface area (Å²) in [4.78, 5) is 30.9. The molecule has 0 bridgehead atoms. The van der Waals surface area contributed by atoms with E-state index < -0.39 is 0 Å². The summed E-state index contributed by atoms with van der Waals surface area (Å²) >= 11 is 0. The van der Waals surface area contributed by atoms with Crippen molar-refractivity contribution in [1.29, 1.82) is 0 Å². The van der Waals surface area contributed by atoms with Crippen LogP contribution in [0.15, 0.2) is 30.7 Å². The Kier molecular flexibility index (Phi) is 2.99. The van der Waals surface area contributed by atoms with E-state index in [1.54, 1.807) is 18.3 Å². The number of rotatable bonds is 3. The lowest BCUT2D eigenvalue weighted by Crippen LogP contribution is -2.25. The highest BCUT2D eigenvalue weighted by molar-refractivity contribution is 6.27. The third-order valence-corrected chi connectivity index (χ3v) is 3.52. The molecule has 2 heterocycles. The highest BCUT2D eigenvalue weighted by atomic mass is 16.1. The molecule has 0 unspecified atom stereocenters. The maximum absolute atomic E-state index is 12.6. The van der Waals surface area contributed by atoms with Gasteiger partial charge in [0.05, 0.1) is 11.1 Å². The van der Waals surface area contributed by atoms with Crippen LogP contribution in [0.25, 0.3) is 0 Å². The van der Waals surface area contributed by atoms with Crippen molar-refractivity contribution in [2.45, 2.75) is 6.54 Å². The molecule has 2 aromatic heterocycles. The summed E-state index contributed by atoms with van der Waals surface area (Å²) in [5.74, 6) is -0.216. The molecule has 0 radical (unpaired) electrons. The van der Waals surface area contributed by atoms with E-state index in [9.17, 15) is 9.59 Å². The standard InChI is InChI=1S/C15H15N3O2/c1-17(2)7-8-18-6-4-11-13(18)15(20)10-3-5-16-9-12(10)14(11)19/h3-6,9H,7-8H2,1-2H3. The van der Waals surface area contributed by atoms with Crippen molar-refractivity contribution in [1.82, 2.24) is 14.5 Å². The van der Waals surface area contributed by atoms with Crippen LogP contribution in [-0.4, -0.2) is 46.7 Å². The summed E-state index contributed by atoms with van der Waals surface area (Å²) < 4.78 is 1.86. The first-order chi connectivity index (χ1) is 9.59. The van der Waals surface area contributed by atoms with Gasteiger partial charge in [0.25, 0.3) is 0 Å². The van der Waals surface area contributed by atoms with Crippen LogP contribution >= 0.6 is 0 Å². The van der Waals surface area contributed by atoms with Crippen molar-refractivity contribution < 1.29 is 9.59 Å². The third-order valence-electron chi connectivity index (χ3n) is 3.52. The van der Waals surface area contributed by atoms with E-state index in [1.165, 1.54) is 6.20 Å². The molecule has 0 fully saturated rings. The summed E-state index contributed by atoms with van der Waals surface area (Å²) in [6, 6.07) is 3.34. The molecule has 0 aliphatic heterocycles. The molecule has 0 saturated heterocycles. The summed E-state index contributed by atoms with van der Waals surface area (Å²) in [6.07, 6.45) is 4.82. The number of aromatic nitrogens is 2. The van der Waals surface area contributed by atoms with E-state index in [4.69, 9.17) is 0 Å². The fourth-order valence-electron chi connectivity index (χ4n) is 2.45. The van der Waals surface area contributed by atoms with Gasteiger partial charge < -0.3 is 9.47 Å². The van der Waals surface area contributed by atoms with Gasteiger partial charge in [-0.25, -0.2) is 0 Å². The molecule has 0 saturated carbocycles. The van der Waals surface area contributed by atoms with Gasteiger partial charge in [-0.2, -0.15) is 0 Å². The van der Waals surface area contributed by atoms with Crippen molar-refractivity contribution >= 4 is 11.6 Å². The second kappa shape index (κ2) is 4.68. The molecule has 20 heavy (non-hydrogen) atoms. The SMILES string of the molecule is CN(C)CCn1ccc2c1C(=O)c1ccncc1C2=O. The lowest BCUT2D eigenvalue weighted by atomic mass is 9.89. The maximum Gasteiger partial charge on any atom is 0.210 e. The number of nitrogens with zero attached hydrogens (tertiary/aromatic N) is 3. The molecule has 2 aromatic rings. The van der Waals surface area contributed by atoms with Gasteiger partial charge >= 0.3 is 0 Å². The molecule has 5 heteroatoms. The van der Waals surface area contributed by atoms with Gasteiger partial charge in [0, 0.05) is 37.2 Å². The first-order valence-corrected chi connectivity index (χ1v) is 6.47. The van der Waals surface area contributed by atoms with E-state index in [1.807, 2.05) is 29.8 Å². The number of hydrogen-bond acceptors (Lipinski definition) is 4. The van der Waals surface area contributed by atoms with Crippen LogP contribution in [0.4, 0.5) is 0 Å². The Hall–Kier alpha value is -2.27. The van der Waals surface area contributed by atoms with Gasteiger partial charge in [0.15, 0.2) is 5.78 Å². The van der Waals surface area contributed by atoms with Crippen molar-refractivity contribution in [2.75, 3.05) is 20.6 Å². The molecular formula is C15H15N3O2. The highest BCUT2D eigenvalue weighted by Crippen LogP contribution is 2.27. The number of pyridine rings is 1. The number of likely N-dealkylation sites (N-methyl/N-ethyl adjacent to an activating group) is 1. The van der Waals surface area contributed by atoms with E-state index in [2.05, 4.69) is 4.98 Å². The molecule has 1 aliphatic carbocycles. The van der Waals surface area contributed by atoms with Crippen LogP contribution in [-0.2, 0) is 6.54 Å². The lowest BCUT2D eigenvalue weighted by molar-refractivity contribution is 0.0972. The zero-order valence-electron chi connectivity index (χ0n) is 11.5. The summed E-state index contributed by atoms with van der Waals surface area (Å²) in [6.45, 7) is 1.49. The van der Waals surface area contributed by atoms with Crippen LogP contribution in [0.1, 0.15) is 32.0 Å². The first kappa shape index (κ1) is 12.7. The van der Waals surface area contributed by atoms with Crippen LogP contribution in [0.5, 0.6) is 0 Å². The minimum atomic E-state index is -0.119. The number of hydrogen-bond donors (Lipinski definition) is 0. The smallest absolute Gasteiger partial charge is 0.210 e. The Labute approximate surface area is 116 Å².